The van der Waals surface area contributed by atoms with Gasteiger partial charge in [0.05, 0.1) is 31.9 Å². The van der Waals surface area contributed by atoms with E-state index in [-0.39, 0.29) is 12.4 Å². The lowest BCUT2D eigenvalue weighted by molar-refractivity contribution is -0.0609. The number of methoxy groups -OCH3 is 1. The van der Waals surface area contributed by atoms with E-state index in [0.29, 0.717) is 18.7 Å². The van der Waals surface area contributed by atoms with Crippen molar-refractivity contribution < 1.29 is 14.2 Å². The zero-order chi connectivity index (χ0) is 15.6. The Morgan fingerprint density at radius 2 is 1.91 bits per heavy atom. The van der Waals surface area contributed by atoms with Crippen molar-refractivity contribution in [2.75, 3.05) is 13.7 Å². The van der Waals surface area contributed by atoms with Crippen molar-refractivity contribution in [1.29, 1.82) is 0 Å². The molecule has 1 aromatic rings. The Labute approximate surface area is 136 Å². The fourth-order valence-electron chi connectivity index (χ4n) is 3.52. The minimum atomic E-state index is -0.258. The van der Waals surface area contributed by atoms with Gasteiger partial charge >= 0.3 is 0 Å². The molecule has 1 aliphatic carbocycles. The highest BCUT2D eigenvalue weighted by Crippen LogP contribution is 2.37. The van der Waals surface area contributed by atoms with Crippen molar-refractivity contribution in [1.82, 2.24) is 0 Å². The Bertz CT molecular complexity index is 595. The Balaban J connectivity index is 1.28. The van der Waals surface area contributed by atoms with E-state index in [1.54, 1.807) is 7.11 Å². The Morgan fingerprint density at radius 1 is 1.17 bits per heavy atom. The monoisotopic (exact) mass is 314 g/mol. The summed E-state index contributed by atoms with van der Waals surface area (Å²) in [4.78, 5) is 0. The van der Waals surface area contributed by atoms with Crippen LogP contribution in [0.1, 0.15) is 37.5 Å². The molecule has 2 heterocycles. The van der Waals surface area contributed by atoms with Gasteiger partial charge in [0.25, 0.3) is 0 Å². The molecule has 1 saturated heterocycles. The van der Waals surface area contributed by atoms with Gasteiger partial charge in [-0.3, -0.25) is 0 Å². The van der Waals surface area contributed by atoms with Gasteiger partial charge < -0.3 is 14.2 Å². The molecule has 2 bridgehead atoms. The molecule has 5 nitrogen and oxygen atoms in total. The molecule has 4 atom stereocenters. The van der Waals surface area contributed by atoms with Crippen LogP contribution in [0.25, 0.3) is 0 Å². The molecule has 2 aliphatic heterocycles. The highest BCUT2D eigenvalue weighted by Gasteiger charge is 2.35. The number of nitrogens with zero attached hydrogens (tertiary/aromatic N) is 2. The van der Waals surface area contributed by atoms with Crippen molar-refractivity contribution >= 4 is 0 Å². The van der Waals surface area contributed by atoms with Crippen LogP contribution in [0.3, 0.4) is 0 Å². The maximum atomic E-state index is 6.02. The van der Waals surface area contributed by atoms with Gasteiger partial charge in [-0.15, -0.1) is 0 Å². The number of ether oxygens (including phenoxy) is 3. The Morgan fingerprint density at radius 3 is 2.57 bits per heavy atom. The third-order valence-corrected chi connectivity index (χ3v) is 4.83. The van der Waals surface area contributed by atoms with E-state index in [9.17, 15) is 0 Å². The largest absolute Gasteiger partial charge is 0.497 e. The van der Waals surface area contributed by atoms with Gasteiger partial charge in [0, 0.05) is 5.56 Å². The summed E-state index contributed by atoms with van der Waals surface area (Å²) in [5.74, 6) is 0.844. The van der Waals surface area contributed by atoms with E-state index >= 15 is 0 Å². The van der Waals surface area contributed by atoms with Crippen molar-refractivity contribution in [3.05, 3.63) is 41.5 Å². The molecule has 1 unspecified atom stereocenters. The molecular formula is C18H22N2O3. The normalized spacial score (nSPS) is 33.7. The Kier molecular flexibility index (Phi) is 4.14. The molecule has 0 amide bonds. The molecule has 2 fully saturated rings. The number of allylic oxidation sites excluding steroid dienone is 1. The second-order valence-electron chi connectivity index (χ2n) is 6.32. The summed E-state index contributed by atoms with van der Waals surface area (Å²) in [6.45, 7) is 0.654. The fourth-order valence-corrected chi connectivity index (χ4v) is 3.52. The predicted molar refractivity (Wildman–Crippen MR) is 85.5 cm³/mol. The first-order valence-corrected chi connectivity index (χ1v) is 8.34. The van der Waals surface area contributed by atoms with Gasteiger partial charge in [0.1, 0.15) is 5.75 Å². The molecule has 1 aromatic carbocycles. The maximum Gasteiger partial charge on any atom is 0.184 e. The van der Waals surface area contributed by atoms with E-state index in [1.807, 2.05) is 24.3 Å². The minimum Gasteiger partial charge on any atom is -0.497 e. The summed E-state index contributed by atoms with van der Waals surface area (Å²) < 4.78 is 17.0. The molecule has 0 aromatic heterocycles. The molecule has 23 heavy (non-hydrogen) atoms. The second kappa shape index (κ2) is 6.42. The fraction of sp³-hybridized carbons (Fsp3) is 0.556. The van der Waals surface area contributed by atoms with Crippen LogP contribution in [0.4, 0.5) is 0 Å². The lowest BCUT2D eigenvalue weighted by Crippen LogP contribution is -2.09. The number of hydrogen-bond acceptors (Lipinski definition) is 5. The standard InChI is InChI=1S/C18H22N2O3/c1-21-13-7-5-12(6-8-13)18-22-11-14(23-18)3-2-4-15-16-9-10-17(15)20-19-16/h4-8,14,16-18H,2-3,9-11H2,1H3/t14-,16-,17+,18?/m1/s1. The molecule has 1 saturated carbocycles. The molecule has 0 N–H and O–H groups in total. The minimum absolute atomic E-state index is 0.159. The first kappa shape index (κ1) is 14.8. The zero-order valence-electron chi connectivity index (χ0n) is 13.4. The van der Waals surface area contributed by atoms with Gasteiger partial charge in [-0.1, -0.05) is 18.2 Å². The molecule has 0 radical (unpaired) electrons. The van der Waals surface area contributed by atoms with Crippen molar-refractivity contribution in [3.8, 4) is 5.75 Å². The van der Waals surface area contributed by atoms with Crippen LogP contribution in [0.15, 0.2) is 46.1 Å². The average Bonchev–Trinajstić information content (AvgIpc) is 3.32. The van der Waals surface area contributed by atoms with Crippen LogP contribution < -0.4 is 4.74 Å². The summed E-state index contributed by atoms with van der Waals surface area (Å²) in [6.07, 6.45) is 6.56. The van der Waals surface area contributed by atoms with Gasteiger partial charge in [0.15, 0.2) is 6.29 Å². The Hall–Kier alpha value is -1.72. The van der Waals surface area contributed by atoms with Crippen molar-refractivity contribution in [2.24, 2.45) is 10.2 Å². The first-order valence-electron chi connectivity index (χ1n) is 8.34. The lowest BCUT2D eigenvalue weighted by atomic mass is 10.1. The van der Waals surface area contributed by atoms with Crippen LogP contribution in [0.2, 0.25) is 0 Å². The van der Waals surface area contributed by atoms with Gasteiger partial charge in [-0.2, -0.15) is 10.2 Å². The van der Waals surface area contributed by atoms with Crippen LogP contribution in [-0.2, 0) is 9.47 Å². The van der Waals surface area contributed by atoms with Crippen molar-refractivity contribution in [3.63, 3.8) is 0 Å². The summed E-state index contributed by atoms with van der Waals surface area (Å²) in [7, 11) is 1.67. The topological polar surface area (TPSA) is 52.4 Å². The molecular weight excluding hydrogens is 292 g/mol. The summed E-state index contributed by atoms with van der Waals surface area (Å²) >= 11 is 0. The smallest absolute Gasteiger partial charge is 0.184 e. The lowest BCUT2D eigenvalue weighted by Gasteiger charge is -2.12. The van der Waals surface area contributed by atoms with Gasteiger partial charge in [-0.05, 0) is 43.4 Å². The van der Waals surface area contributed by atoms with E-state index in [1.165, 1.54) is 18.4 Å². The summed E-state index contributed by atoms with van der Waals surface area (Å²) in [6, 6.07) is 8.59. The number of azo groups is 1. The third kappa shape index (κ3) is 3.03. The van der Waals surface area contributed by atoms with Gasteiger partial charge in [0.2, 0.25) is 0 Å². The van der Waals surface area contributed by atoms with E-state index in [0.717, 1.165) is 24.2 Å². The van der Waals surface area contributed by atoms with E-state index in [2.05, 4.69) is 16.3 Å². The van der Waals surface area contributed by atoms with Crippen LogP contribution in [0.5, 0.6) is 5.75 Å². The highest BCUT2D eigenvalue weighted by atomic mass is 16.7. The number of benzene rings is 1. The average molecular weight is 314 g/mol. The predicted octanol–water partition coefficient (Wildman–Crippen LogP) is 3.81. The first-order chi connectivity index (χ1) is 11.3. The van der Waals surface area contributed by atoms with Crippen LogP contribution in [-0.4, -0.2) is 31.9 Å². The second-order valence-corrected chi connectivity index (χ2v) is 6.32. The number of hydrogen-bond donors (Lipinski definition) is 0. The molecule has 5 heteroatoms. The van der Waals surface area contributed by atoms with Crippen LogP contribution in [0, 0.1) is 0 Å². The third-order valence-electron chi connectivity index (χ3n) is 4.83. The quantitative estimate of drug-likeness (QED) is 0.777. The maximum absolute atomic E-state index is 6.02. The molecule has 3 aliphatic rings. The zero-order valence-corrected chi connectivity index (χ0v) is 13.4. The molecule has 122 valence electrons. The van der Waals surface area contributed by atoms with Gasteiger partial charge in [-0.25, -0.2) is 0 Å². The van der Waals surface area contributed by atoms with E-state index in [4.69, 9.17) is 14.2 Å². The SMILES string of the molecule is COc1ccc(C2OC[C@@H](CCC=C3[C@@H]4CC[C@H]3N=N4)O2)cc1. The number of rotatable bonds is 5. The summed E-state index contributed by atoms with van der Waals surface area (Å²) in [5.41, 5.74) is 2.47. The van der Waals surface area contributed by atoms with Crippen molar-refractivity contribution in [2.45, 2.75) is 50.2 Å². The molecule has 0 spiro atoms. The van der Waals surface area contributed by atoms with Crippen LogP contribution >= 0.6 is 0 Å². The van der Waals surface area contributed by atoms with E-state index < -0.39 is 0 Å². The molecule has 4 rings (SSSR count). The highest BCUT2D eigenvalue weighted by molar-refractivity contribution is 5.28. The number of fused-ring (bicyclic) bond motifs is 2. The summed E-state index contributed by atoms with van der Waals surface area (Å²) in [5, 5.41) is 8.58.